The van der Waals surface area contributed by atoms with Crippen LogP contribution in [0.15, 0.2) is 27.2 Å². The molecule has 4 fully saturated rings. The van der Waals surface area contributed by atoms with E-state index in [1.165, 1.54) is 29.6 Å². The van der Waals surface area contributed by atoms with E-state index in [1.807, 2.05) is 19.5 Å². The molecular weight excluding hydrogens is 380 g/mol. The number of ether oxygens (including phenoxy) is 1. The minimum Gasteiger partial charge on any atom is -0.381 e. The van der Waals surface area contributed by atoms with Gasteiger partial charge >= 0.3 is 0 Å². The highest BCUT2D eigenvalue weighted by molar-refractivity contribution is 9.11. The molecule has 4 saturated carbocycles. The van der Waals surface area contributed by atoms with E-state index in [0.29, 0.717) is 11.5 Å². The molecule has 0 aromatic heterocycles. The van der Waals surface area contributed by atoms with Crippen molar-refractivity contribution in [1.29, 1.82) is 0 Å². The highest BCUT2D eigenvalue weighted by atomic mass is 79.9. The average Bonchev–Trinajstić information content (AvgIpc) is 2.84. The fraction of sp³-hybridized carbons (Fsp3) is 0.737. The minimum atomic E-state index is 0.270. The molecule has 0 aromatic carbocycles. The normalized spacial score (nSPS) is 47.4. The maximum Gasteiger partial charge on any atom is 0.112 e. The van der Waals surface area contributed by atoms with E-state index in [9.17, 15) is 0 Å². The summed E-state index contributed by atoms with van der Waals surface area (Å²) in [4.78, 5) is 6.49. The minimum absolute atomic E-state index is 0.270. The number of methoxy groups -OCH3 is 1. The average molecular weight is 405 g/mol. The van der Waals surface area contributed by atoms with Crippen LogP contribution in [0.5, 0.6) is 0 Å². The van der Waals surface area contributed by atoms with Gasteiger partial charge in [-0.15, -0.1) is 0 Å². The van der Waals surface area contributed by atoms with Crippen molar-refractivity contribution in [2.45, 2.75) is 37.3 Å². The van der Waals surface area contributed by atoms with Crippen molar-refractivity contribution >= 4 is 22.1 Å². The van der Waals surface area contributed by atoms with Crippen LogP contribution in [0.25, 0.3) is 0 Å². The van der Waals surface area contributed by atoms with Gasteiger partial charge < -0.3 is 20.3 Å². The van der Waals surface area contributed by atoms with Gasteiger partial charge in [-0.3, -0.25) is 4.99 Å². The van der Waals surface area contributed by atoms with E-state index in [2.05, 4.69) is 36.5 Å². The van der Waals surface area contributed by atoms with E-state index in [0.717, 1.165) is 49.5 Å². The van der Waals surface area contributed by atoms with Crippen LogP contribution in [0.3, 0.4) is 0 Å². The Morgan fingerprint density at radius 1 is 1.40 bits per heavy atom. The Labute approximate surface area is 157 Å². The molecule has 0 bridgehead atoms. The summed E-state index contributed by atoms with van der Waals surface area (Å²) in [6.45, 7) is 3.09. The molecule has 6 unspecified atom stereocenters. The van der Waals surface area contributed by atoms with Crippen LogP contribution in [-0.4, -0.2) is 49.5 Å². The van der Waals surface area contributed by atoms with Gasteiger partial charge in [-0.1, -0.05) is 15.9 Å². The van der Waals surface area contributed by atoms with Gasteiger partial charge in [0, 0.05) is 49.1 Å². The summed E-state index contributed by atoms with van der Waals surface area (Å²) in [5.74, 6) is 3.99. The third-order valence-electron chi connectivity index (χ3n) is 8.23. The summed E-state index contributed by atoms with van der Waals surface area (Å²) in [6.07, 6.45) is 8.89. The SMILES string of the molecule is COC12CC3CC4C(NC5=C(Br)CCN5CCNC5=CN=C5)C(C1)C342. The molecule has 2 aliphatic heterocycles. The second-order valence-corrected chi connectivity index (χ2v) is 9.59. The number of nitrogens with one attached hydrogen (secondary N) is 2. The lowest BCUT2D eigenvalue weighted by Crippen LogP contribution is -2.95. The van der Waals surface area contributed by atoms with Crippen molar-refractivity contribution in [2.75, 3.05) is 26.7 Å². The fourth-order valence-corrected chi connectivity index (χ4v) is 7.69. The van der Waals surface area contributed by atoms with Gasteiger partial charge in [0.2, 0.25) is 0 Å². The Morgan fingerprint density at radius 3 is 2.96 bits per heavy atom. The highest BCUT2D eigenvalue weighted by Gasteiger charge is 2.91. The van der Waals surface area contributed by atoms with Gasteiger partial charge in [-0.25, -0.2) is 0 Å². The Kier molecular flexibility index (Phi) is 2.91. The first-order chi connectivity index (χ1) is 12.2. The van der Waals surface area contributed by atoms with Gasteiger partial charge in [0.1, 0.15) is 5.82 Å². The summed E-state index contributed by atoms with van der Waals surface area (Å²) in [5, 5.41) is 7.38. The van der Waals surface area contributed by atoms with Gasteiger partial charge in [0.05, 0.1) is 23.7 Å². The molecule has 4 aliphatic carbocycles. The number of hydrogen-bond acceptors (Lipinski definition) is 5. The summed E-state index contributed by atoms with van der Waals surface area (Å²) in [7, 11) is 1.93. The Bertz CT molecular complexity index is 725. The smallest absolute Gasteiger partial charge is 0.112 e. The summed E-state index contributed by atoms with van der Waals surface area (Å²) in [5.41, 5.74) is 1.99. The first-order valence-electron chi connectivity index (χ1n) is 9.62. The molecule has 0 amide bonds. The van der Waals surface area contributed by atoms with Crippen molar-refractivity contribution in [3.05, 3.63) is 22.2 Å². The number of rotatable bonds is 7. The molecule has 5 nitrogen and oxygen atoms in total. The molecular formula is C19H25BrN4O. The lowest BCUT2D eigenvalue weighted by Gasteiger charge is -2.92. The monoisotopic (exact) mass is 404 g/mol. The topological polar surface area (TPSA) is 48.9 Å². The largest absolute Gasteiger partial charge is 0.381 e. The van der Waals surface area contributed by atoms with Crippen LogP contribution in [0.1, 0.15) is 25.7 Å². The van der Waals surface area contributed by atoms with Crippen molar-refractivity contribution < 1.29 is 4.74 Å². The Morgan fingerprint density at radius 2 is 2.28 bits per heavy atom. The first-order valence-corrected chi connectivity index (χ1v) is 10.4. The lowest BCUT2D eigenvalue weighted by molar-refractivity contribution is -0.464. The zero-order valence-electron chi connectivity index (χ0n) is 14.6. The zero-order chi connectivity index (χ0) is 16.8. The molecule has 6 aliphatic rings. The van der Waals surface area contributed by atoms with E-state index in [1.54, 1.807) is 0 Å². The Balaban J connectivity index is 1.11. The molecule has 0 saturated heterocycles. The number of aliphatic imine (C=N–C) groups is 1. The standard InChI is InChI=1S/C19H25BrN4O/c1-25-18-7-11-6-13-16(14(8-18)19(11,13)18)23-17-15(20)2-4-24(17)5-3-22-12-9-21-10-12/h9-11,13-14,16,22-23H,2-8H2,1H3. The van der Waals surface area contributed by atoms with Gasteiger partial charge in [-0.05, 0) is 37.0 Å². The van der Waals surface area contributed by atoms with E-state index < -0.39 is 0 Å². The van der Waals surface area contributed by atoms with Crippen LogP contribution < -0.4 is 10.6 Å². The predicted octanol–water partition coefficient (Wildman–Crippen LogP) is 2.17. The van der Waals surface area contributed by atoms with Crippen molar-refractivity contribution in [3.63, 3.8) is 0 Å². The van der Waals surface area contributed by atoms with Crippen LogP contribution in [0, 0.1) is 23.2 Å². The van der Waals surface area contributed by atoms with Gasteiger partial charge in [0.15, 0.2) is 0 Å². The predicted molar refractivity (Wildman–Crippen MR) is 100 cm³/mol. The molecule has 134 valence electrons. The quantitative estimate of drug-likeness (QED) is 0.682. The summed E-state index contributed by atoms with van der Waals surface area (Å²) < 4.78 is 7.31. The molecule has 2 N–H and O–H groups in total. The molecule has 0 aromatic rings. The second kappa shape index (κ2) is 4.83. The van der Waals surface area contributed by atoms with Crippen molar-refractivity contribution in [1.82, 2.24) is 15.5 Å². The Hall–Kier alpha value is -1.01. The van der Waals surface area contributed by atoms with E-state index >= 15 is 0 Å². The molecule has 25 heavy (non-hydrogen) atoms. The third kappa shape index (κ3) is 1.58. The molecule has 6 rings (SSSR count). The van der Waals surface area contributed by atoms with Gasteiger partial charge in [-0.2, -0.15) is 0 Å². The second-order valence-electron chi connectivity index (χ2n) is 8.64. The molecule has 2 heterocycles. The first kappa shape index (κ1) is 15.1. The maximum absolute atomic E-state index is 5.97. The molecule has 6 atom stereocenters. The lowest BCUT2D eigenvalue weighted by atomic mass is 9.15. The molecule has 1 spiro atoms. The van der Waals surface area contributed by atoms with E-state index in [4.69, 9.17) is 4.74 Å². The zero-order valence-corrected chi connectivity index (χ0v) is 16.2. The van der Waals surface area contributed by atoms with Crippen LogP contribution in [-0.2, 0) is 4.74 Å². The molecule has 0 radical (unpaired) electrons. The third-order valence-corrected chi connectivity index (χ3v) is 9.00. The summed E-state index contributed by atoms with van der Waals surface area (Å²) in [6, 6.07) is 0.664. The van der Waals surface area contributed by atoms with Crippen LogP contribution in [0.4, 0.5) is 0 Å². The van der Waals surface area contributed by atoms with E-state index in [-0.39, 0.29) is 5.60 Å². The number of nitrogens with zero attached hydrogens (tertiary/aromatic N) is 2. The van der Waals surface area contributed by atoms with Crippen molar-refractivity contribution in [3.8, 4) is 0 Å². The van der Waals surface area contributed by atoms with Crippen molar-refractivity contribution in [2.24, 2.45) is 28.2 Å². The maximum atomic E-state index is 5.97. The number of halogens is 1. The number of hydrogen-bond donors (Lipinski definition) is 2. The highest BCUT2D eigenvalue weighted by Crippen LogP contribution is 2.89. The fourth-order valence-electron chi connectivity index (χ4n) is 7.15. The summed E-state index contributed by atoms with van der Waals surface area (Å²) >= 11 is 3.82. The number of allylic oxidation sites excluding steroid dienone is 1. The molecule has 6 heteroatoms. The van der Waals surface area contributed by atoms with Gasteiger partial charge in [0.25, 0.3) is 0 Å². The van der Waals surface area contributed by atoms with Crippen LogP contribution >= 0.6 is 15.9 Å². The van der Waals surface area contributed by atoms with Crippen LogP contribution in [0.2, 0.25) is 0 Å².